The molecule has 0 bridgehead atoms. The molecule has 2 rings (SSSR count). The molecule has 0 atom stereocenters. The van der Waals surface area contributed by atoms with Crippen LogP contribution in [-0.4, -0.2) is 21.5 Å². The first-order valence-electron chi connectivity index (χ1n) is 5.77. The van der Waals surface area contributed by atoms with Gasteiger partial charge in [0.15, 0.2) is 0 Å². The quantitative estimate of drug-likeness (QED) is 0.857. The first-order chi connectivity index (χ1) is 9.49. The smallest absolute Gasteiger partial charge is 0.384 e. The van der Waals surface area contributed by atoms with Crippen molar-refractivity contribution in [1.29, 1.82) is 0 Å². The van der Waals surface area contributed by atoms with Crippen molar-refractivity contribution in [2.24, 2.45) is 0 Å². The van der Waals surface area contributed by atoms with E-state index in [1.54, 1.807) is 24.3 Å². The molecule has 0 saturated carbocycles. The predicted octanol–water partition coefficient (Wildman–Crippen LogP) is 2.29. The number of benzene rings is 1. The summed E-state index contributed by atoms with van der Waals surface area (Å²) in [4.78, 5) is 0. The maximum absolute atomic E-state index is 12.4. The molecule has 104 valence electrons. The van der Waals surface area contributed by atoms with Crippen LogP contribution < -0.4 is 0 Å². The van der Waals surface area contributed by atoms with Gasteiger partial charge in [-0.3, -0.25) is 4.68 Å². The molecular weight excluding hydrogens is 269 g/mol. The summed E-state index contributed by atoms with van der Waals surface area (Å²) >= 11 is 0. The van der Waals surface area contributed by atoms with E-state index in [-0.39, 0.29) is 13.2 Å². The average Bonchev–Trinajstić information content (AvgIpc) is 2.86. The van der Waals surface area contributed by atoms with Crippen molar-refractivity contribution >= 4 is 0 Å². The van der Waals surface area contributed by atoms with Crippen LogP contribution in [-0.2, 0) is 12.7 Å². The van der Waals surface area contributed by atoms with Gasteiger partial charge < -0.3 is 5.11 Å². The van der Waals surface area contributed by atoms with Crippen molar-refractivity contribution in [3.05, 3.63) is 53.3 Å². The minimum atomic E-state index is -4.37. The van der Waals surface area contributed by atoms with Gasteiger partial charge in [-0.05, 0) is 17.7 Å². The second kappa shape index (κ2) is 5.80. The number of nitrogens with zero attached hydrogens (tertiary/aromatic N) is 2. The van der Waals surface area contributed by atoms with Crippen LogP contribution in [0.5, 0.6) is 0 Å². The van der Waals surface area contributed by atoms with E-state index in [1.807, 2.05) is 0 Å². The number of hydrogen-bond donors (Lipinski definition) is 1. The summed E-state index contributed by atoms with van der Waals surface area (Å²) < 4.78 is 38.5. The molecule has 1 N–H and O–H groups in total. The monoisotopic (exact) mass is 280 g/mol. The van der Waals surface area contributed by atoms with E-state index in [4.69, 9.17) is 5.11 Å². The Labute approximate surface area is 113 Å². The summed E-state index contributed by atoms with van der Waals surface area (Å²) in [5.74, 6) is 5.25. The van der Waals surface area contributed by atoms with E-state index in [0.717, 1.165) is 23.5 Å². The highest BCUT2D eigenvalue weighted by Gasteiger charge is 2.32. The van der Waals surface area contributed by atoms with Gasteiger partial charge in [-0.1, -0.05) is 24.0 Å². The van der Waals surface area contributed by atoms with E-state index < -0.39 is 11.7 Å². The van der Waals surface area contributed by atoms with E-state index in [0.29, 0.717) is 0 Å². The van der Waals surface area contributed by atoms with Crippen LogP contribution in [0.15, 0.2) is 36.7 Å². The number of rotatable bonds is 2. The Morgan fingerprint density at radius 3 is 2.45 bits per heavy atom. The molecule has 0 aliphatic carbocycles. The number of hydrogen-bond acceptors (Lipinski definition) is 2. The van der Waals surface area contributed by atoms with Crippen LogP contribution in [0.1, 0.15) is 16.7 Å². The predicted molar refractivity (Wildman–Crippen MR) is 66.7 cm³/mol. The number of alkyl halides is 3. The molecule has 1 aromatic heterocycles. The van der Waals surface area contributed by atoms with Gasteiger partial charge in [0.25, 0.3) is 0 Å². The van der Waals surface area contributed by atoms with Gasteiger partial charge in [0, 0.05) is 11.8 Å². The molecule has 2 aromatic rings. The fourth-order valence-electron chi connectivity index (χ4n) is 1.62. The van der Waals surface area contributed by atoms with Crippen LogP contribution in [0.25, 0.3) is 0 Å². The molecule has 1 aromatic carbocycles. The topological polar surface area (TPSA) is 38.0 Å². The Hall–Kier alpha value is -2.26. The first-order valence-corrected chi connectivity index (χ1v) is 5.77. The summed E-state index contributed by atoms with van der Waals surface area (Å²) in [6.07, 6.45) is -2.59. The van der Waals surface area contributed by atoms with Gasteiger partial charge in [0.05, 0.1) is 18.3 Å². The number of aliphatic hydroxyl groups is 1. The third kappa shape index (κ3) is 3.62. The summed E-state index contributed by atoms with van der Waals surface area (Å²) in [5.41, 5.74) is 0.790. The van der Waals surface area contributed by atoms with Gasteiger partial charge in [-0.25, -0.2) is 0 Å². The van der Waals surface area contributed by atoms with Crippen LogP contribution >= 0.6 is 0 Å². The fraction of sp³-hybridized carbons (Fsp3) is 0.214. The van der Waals surface area contributed by atoms with E-state index in [1.165, 1.54) is 4.68 Å². The van der Waals surface area contributed by atoms with Crippen molar-refractivity contribution < 1.29 is 18.3 Å². The van der Waals surface area contributed by atoms with Crippen molar-refractivity contribution in [2.75, 3.05) is 6.61 Å². The lowest BCUT2D eigenvalue weighted by atomic mass is 10.1. The zero-order valence-electron chi connectivity index (χ0n) is 10.4. The molecule has 0 aliphatic rings. The van der Waals surface area contributed by atoms with Gasteiger partial charge in [-0.15, -0.1) is 0 Å². The largest absolute Gasteiger partial charge is 0.419 e. The summed E-state index contributed by atoms with van der Waals surface area (Å²) in [6, 6.07) is 7.00. The minimum absolute atomic E-state index is 0.213. The zero-order valence-corrected chi connectivity index (χ0v) is 10.4. The Morgan fingerprint density at radius 2 is 1.90 bits per heavy atom. The third-order valence-electron chi connectivity index (χ3n) is 2.57. The van der Waals surface area contributed by atoms with Crippen LogP contribution in [0.4, 0.5) is 13.2 Å². The lowest BCUT2D eigenvalue weighted by Gasteiger charge is -2.03. The molecule has 0 saturated heterocycles. The van der Waals surface area contributed by atoms with Crippen molar-refractivity contribution in [1.82, 2.24) is 9.78 Å². The van der Waals surface area contributed by atoms with Gasteiger partial charge in [0.2, 0.25) is 0 Å². The summed E-state index contributed by atoms with van der Waals surface area (Å²) in [7, 11) is 0. The number of aliphatic hydroxyl groups excluding tert-OH is 1. The normalized spacial score (nSPS) is 11.0. The van der Waals surface area contributed by atoms with Gasteiger partial charge >= 0.3 is 6.18 Å². The van der Waals surface area contributed by atoms with Crippen LogP contribution in [0.2, 0.25) is 0 Å². The van der Waals surface area contributed by atoms with Gasteiger partial charge in [-0.2, -0.15) is 18.3 Å². The Morgan fingerprint density at radius 1 is 1.20 bits per heavy atom. The standard InChI is InChI=1S/C14H11F3N2O/c15-14(16,17)13-8-18-19(10-13)9-12-5-3-11(4-6-12)2-1-7-20/h3-6,8,10,20H,7,9H2. The van der Waals surface area contributed by atoms with Crippen molar-refractivity contribution in [3.8, 4) is 11.8 Å². The highest BCUT2D eigenvalue weighted by atomic mass is 19.4. The molecular formula is C14H11F3N2O. The first kappa shape index (κ1) is 14.2. The average molecular weight is 280 g/mol. The van der Waals surface area contributed by atoms with Gasteiger partial charge in [0.1, 0.15) is 6.61 Å². The second-order valence-electron chi connectivity index (χ2n) is 4.08. The molecule has 0 radical (unpaired) electrons. The molecule has 6 heteroatoms. The summed E-state index contributed by atoms with van der Waals surface area (Å²) in [5, 5.41) is 12.3. The molecule has 20 heavy (non-hydrogen) atoms. The van der Waals surface area contributed by atoms with Crippen molar-refractivity contribution in [2.45, 2.75) is 12.7 Å². The Kier molecular flexibility index (Phi) is 4.11. The second-order valence-corrected chi connectivity index (χ2v) is 4.08. The Bertz CT molecular complexity index is 633. The molecule has 1 heterocycles. The molecule has 0 unspecified atom stereocenters. The highest BCUT2D eigenvalue weighted by molar-refractivity contribution is 5.36. The number of aromatic nitrogens is 2. The lowest BCUT2D eigenvalue weighted by molar-refractivity contribution is -0.137. The molecule has 0 spiro atoms. The Balaban J connectivity index is 2.08. The molecule has 0 amide bonds. The van der Waals surface area contributed by atoms with Crippen LogP contribution in [0, 0.1) is 11.8 Å². The van der Waals surface area contributed by atoms with E-state index in [2.05, 4.69) is 16.9 Å². The SMILES string of the molecule is OCC#Cc1ccc(Cn2cc(C(F)(F)F)cn2)cc1. The maximum Gasteiger partial charge on any atom is 0.419 e. The van der Waals surface area contributed by atoms with Crippen LogP contribution in [0.3, 0.4) is 0 Å². The maximum atomic E-state index is 12.4. The van der Waals surface area contributed by atoms with E-state index in [9.17, 15) is 13.2 Å². The zero-order chi connectivity index (χ0) is 14.6. The highest BCUT2D eigenvalue weighted by Crippen LogP contribution is 2.28. The fourth-order valence-corrected chi connectivity index (χ4v) is 1.62. The lowest BCUT2D eigenvalue weighted by Crippen LogP contribution is -2.04. The summed E-state index contributed by atoms with van der Waals surface area (Å²) in [6.45, 7) is 0.0407. The minimum Gasteiger partial charge on any atom is -0.384 e. The number of halogens is 3. The third-order valence-corrected chi connectivity index (χ3v) is 2.57. The van der Waals surface area contributed by atoms with E-state index >= 15 is 0 Å². The molecule has 0 aliphatic heterocycles. The van der Waals surface area contributed by atoms with Crippen molar-refractivity contribution in [3.63, 3.8) is 0 Å². The molecule has 3 nitrogen and oxygen atoms in total. The molecule has 0 fully saturated rings.